The van der Waals surface area contributed by atoms with Crippen molar-refractivity contribution < 1.29 is 14.4 Å². The molecule has 20 heavy (non-hydrogen) atoms. The van der Waals surface area contributed by atoms with Crippen molar-refractivity contribution in [2.75, 3.05) is 18.4 Å². The largest absolute Gasteiger partial charge is 0.368 e. The van der Waals surface area contributed by atoms with Gasteiger partial charge in [0.15, 0.2) is 0 Å². The zero-order valence-electron chi connectivity index (χ0n) is 10.8. The lowest BCUT2D eigenvalue weighted by Crippen LogP contribution is -2.44. The molecule has 2 rings (SSSR count). The monoisotopic (exact) mass is 276 g/mol. The van der Waals surface area contributed by atoms with E-state index in [1.54, 1.807) is 24.3 Å². The number of benzene rings is 1. The Kier molecular flexibility index (Phi) is 4.19. The van der Waals surface area contributed by atoms with Crippen molar-refractivity contribution >= 4 is 23.5 Å². The van der Waals surface area contributed by atoms with Crippen LogP contribution in [0.1, 0.15) is 6.42 Å². The van der Waals surface area contributed by atoms with Gasteiger partial charge in [-0.2, -0.15) is 0 Å². The molecule has 1 aromatic carbocycles. The molecule has 1 heterocycles. The molecule has 0 aromatic heterocycles. The standard InChI is InChI=1S/C13H16N4O3/c14-11(18)8-17-7-6-10(12(17)19)16-13(20)15-9-4-2-1-3-5-9/h1-5,10H,6-8H2,(H2,14,18)(H2,15,16,20). The van der Waals surface area contributed by atoms with E-state index in [9.17, 15) is 14.4 Å². The van der Waals surface area contributed by atoms with Gasteiger partial charge in [-0.25, -0.2) is 4.79 Å². The zero-order valence-corrected chi connectivity index (χ0v) is 10.8. The fraction of sp³-hybridized carbons (Fsp3) is 0.308. The van der Waals surface area contributed by atoms with Crippen LogP contribution >= 0.6 is 0 Å². The van der Waals surface area contributed by atoms with Gasteiger partial charge in [-0.1, -0.05) is 18.2 Å². The molecular formula is C13H16N4O3. The van der Waals surface area contributed by atoms with Gasteiger partial charge in [0.2, 0.25) is 11.8 Å². The topological polar surface area (TPSA) is 105 Å². The number of nitrogens with zero attached hydrogens (tertiary/aromatic N) is 1. The van der Waals surface area contributed by atoms with E-state index in [0.717, 1.165) is 0 Å². The number of urea groups is 1. The quantitative estimate of drug-likeness (QED) is 0.714. The minimum absolute atomic E-state index is 0.114. The van der Waals surface area contributed by atoms with Crippen molar-refractivity contribution in [2.45, 2.75) is 12.5 Å². The van der Waals surface area contributed by atoms with Crippen LogP contribution in [-0.2, 0) is 9.59 Å². The van der Waals surface area contributed by atoms with Crippen LogP contribution in [0.15, 0.2) is 30.3 Å². The summed E-state index contributed by atoms with van der Waals surface area (Å²) in [5.41, 5.74) is 5.69. The molecule has 0 bridgehead atoms. The van der Waals surface area contributed by atoms with Crippen LogP contribution in [0.25, 0.3) is 0 Å². The highest BCUT2D eigenvalue weighted by molar-refractivity contribution is 5.95. The second kappa shape index (κ2) is 6.05. The van der Waals surface area contributed by atoms with Crippen LogP contribution in [0.5, 0.6) is 0 Å². The Labute approximate surface area is 116 Å². The van der Waals surface area contributed by atoms with Gasteiger partial charge in [0, 0.05) is 12.2 Å². The third kappa shape index (κ3) is 3.47. The second-order valence-corrected chi connectivity index (χ2v) is 4.53. The highest BCUT2D eigenvalue weighted by Gasteiger charge is 2.33. The number of para-hydroxylation sites is 1. The molecule has 0 aliphatic carbocycles. The van der Waals surface area contributed by atoms with Crippen molar-refractivity contribution in [2.24, 2.45) is 5.73 Å². The molecule has 1 aromatic rings. The molecule has 7 nitrogen and oxygen atoms in total. The van der Waals surface area contributed by atoms with Crippen LogP contribution in [-0.4, -0.2) is 41.9 Å². The summed E-state index contributed by atoms with van der Waals surface area (Å²) in [5.74, 6) is -0.847. The SMILES string of the molecule is NC(=O)CN1CCC(NC(=O)Nc2ccccc2)C1=O. The van der Waals surface area contributed by atoms with Crippen LogP contribution in [0, 0.1) is 0 Å². The van der Waals surface area contributed by atoms with E-state index in [0.29, 0.717) is 18.7 Å². The molecule has 0 spiro atoms. The lowest BCUT2D eigenvalue weighted by molar-refractivity contribution is -0.133. The van der Waals surface area contributed by atoms with Crippen LogP contribution in [0.3, 0.4) is 0 Å². The van der Waals surface area contributed by atoms with E-state index >= 15 is 0 Å². The van der Waals surface area contributed by atoms with Crippen molar-refractivity contribution in [3.63, 3.8) is 0 Å². The third-order valence-electron chi connectivity index (χ3n) is 2.98. The van der Waals surface area contributed by atoms with Gasteiger partial charge < -0.3 is 21.3 Å². The number of anilines is 1. The molecular weight excluding hydrogens is 260 g/mol. The molecule has 7 heteroatoms. The highest BCUT2D eigenvalue weighted by atomic mass is 16.2. The summed E-state index contributed by atoms with van der Waals surface area (Å²) < 4.78 is 0. The van der Waals surface area contributed by atoms with E-state index in [1.165, 1.54) is 4.90 Å². The van der Waals surface area contributed by atoms with Gasteiger partial charge in [-0.3, -0.25) is 9.59 Å². The number of carbonyl (C=O) groups is 3. The van der Waals surface area contributed by atoms with Gasteiger partial charge >= 0.3 is 6.03 Å². The average molecular weight is 276 g/mol. The van der Waals surface area contributed by atoms with E-state index in [-0.39, 0.29) is 12.5 Å². The summed E-state index contributed by atoms with van der Waals surface area (Å²) in [6, 6.07) is 7.86. The third-order valence-corrected chi connectivity index (χ3v) is 2.98. The Hall–Kier alpha value is -2.57. The number of primary amides is 1. The zero-order chi connectivity index (χ0) is 14.5. The molecule has 1 atom stereocenters. The summed E-state index contributed by atoms with van der Waals surface area (Å²) in [6.07, 6.45) is 0.467. The van der Waals surface area contributed by atoms with Gasteiger partial charge in [-0.15, -0.1) is 0 Å². The highest BCUT2D eigenvalue weighted by Crippen LogP contribution is 2.11. The molecule has 1 aliphatic heterocycles. The first kappa shape index (κ1) is 13.9. The van der Waals surface area contributed by atoms with Gasteiger partial charge in [0.25, 0.3) is 0 Å². The maximum absolute atomic E-state index is 11.9. The van der Waals surface area contributed by atoms with E-state index in [2.05, 4.69) is 10.6 Å². The molecule has 106 valence electrons. The van der Waals surface area contributed by atoms with Crippen molar-refractivity contribution in [1.82, 2.24) is 10.2 Å². The Morgan fingerprint density at radius 3 is 2.65 bits per heavy atom. The number of amides is 4. The minimum atomic E-state index is -0.613. The Morgan fingerprint density at radius 2 is 2.00 bits per heavy atom. The van der Waals surface area contributed by atoms with Crippen LogP contribution < -0.4 is 16.4 Å². The fourth-order valence-electron chi connectivity index (χ4n) is 2.06. The maximum atomic E-state index is 11.9. The van der Waals surface area contributed by atoms with Gasteiger partial charge in [-0.05, 0) is 18.6 Å². The summed E-state index contributed by atoms with van der Waals surface area (Å²) in [4.78, 5) is 35.8. The number of nitrogens with two attached hydrogens (primary N) is 1. The van der Waals surface area contributed by atoms with E-state index < -0.39 is 18.0 Å². The second-order valence-electron chi connectivity index (χ2n) is 4.53. The predicted molar refractivity (Wildman–Crippen MR) is 72.8 cm³/mol. The van der Waals surface area contributed by atoms with E-state index in [4.69, 9.17) is 5.73 Å². The summed E-state index contributed by atoms with van der Waals surface area (Å²) in [7, 11) is 0. The first-order valence-corrected chi connectivity index (χ1v) is 6.26. The smallest absolute Gasteiger partial charge is 0.319 e. The molecule has 0 saturated carbocycles. The first-order valence-electron chi connectivity index (χ1n) is 6.26. The summed E-state index contributed by atoms with van der Waals surface area (Å²) in [6.45, 7) is 0.301. The van der Waals surface area contributed by atoms with E-state index in [1.807, 2.05) is 6.07 Å². The predicted octanol–water partition coefficient (Wildman–Crippen LogP) is -0.106. The normalized spacial score (nSPS) is 17.9. The Bertz CT molecular complexity index is 518. The summed E-state index contributed by atoms with van der Waals surface area (Å²) >= 11 is 0. The lowest BCUT2D eigenvalue weighted by atomic mass is 10.2. The van der Waals surface area contributed by atoms with Gasteiger partial charge in [0.1, 0.15) is 6.04 Å². The molecule has 4 amide bonds. The number of rotatable bonds is 4. The molecule has 1 unspecified atom stereocenters. The fourth-order valence-corrected chi connectivity index (χ4v) is 2.06. The minimum Gasteiger partial charge on any atom is -0.368 e. The number of nitrogens with one attached hydrogen (secondary N) is 2. The number of hydrogen-bond acceptors (Lipinski definition) is 3. The molecule has 1 fully saturated rings. The van der Waals surface area contributed by atoms with Crippen molar-refractivity contribution in [3.8, 4) is 0 Å². The number of carbonyl (C=O) groups excluding carboxylic acids is 3. The average Bonchev–Trinajstić information content (AvgIpc) is 2.72. The van der Waals surface area contributed by atoms with Crippen LogP contribution in [0.4, 0.5) is 10.5 Å². The molecule has 4 N–H and O–H groups in total. The Morgan fingerprint density at radius 1 is 1.30 bits per heavy atom. The number of likely N-dealkylation sites (tertiary alicyclic amines) is 1. The summed E-state index contributed by atoms with van der Waals surface area (Å²) in [5, 5.41) is 5.22. The first-order chi connectivity index (χ1) is 9.56. The number of hydrogen-bond donors (Lipinski definition) is 3. The lowest BCUT2D eigenvalue weighted by Gasteiger charge is -2.15. The molecule has 1 aliphatic rings. The maximum Gasteiger partial charge on any atom is 0.319 e. The molecule has 0 radical (unpaired) electrons. The molecule has 1 saturated heterocycles. The van der Waals surface area contributed by atoms with Crippen LogP contribution in [0.2, 0.25) is 0 Å². The van der Waals surface area contributed by atoms with Gasteiger partial charge in [0.05, 0.1) is 6.54 Å². The Balaban J connectivity index is 1.86. The van der Waals surface area contributed by atoms with Crippen molar-refractivity contribution in [1.29, 1.82) is 0 Å². The van der Waals surface area contributed by atoms with Crippen molar-refractivity contribution in [3.05, 3.63) is 30.3 Å².